The molecule has 1 heterocycles. The lowest BCUT2D eigenvalue weighted by Crippen LogP contribution is -2.40. The smallest absolute Gasteiger partial charge is 0.338 e. The first-order valence-corrected chi connectivity index (χ1v) is 10.8. The summed E-state index contributed by atoms with van der Waals surface area (Å²) in [5, 5.41) is 18.3. The van der Waals surface area contributed by atoms with Crippen LogP contribution in [-0.2, 0) is 21.4 Å². The number of carbonyl (C=O) groups excluding carboxylic acids is 1. The first-order chi connectivity index (χ1) is 14.9. The van der Waals surface area contributed by atoms with Gasteiger partial charge in [-0.3, -0.25) is 10.1 Å². The second-order valence-corrected chi connectivity index (χ2v) is 9.44. The number of esters is 1. The Morgan fingerprint density at radius 1 is 1.09 bits per heavy atom. The topological polar surface area (TPSA) is 155 Å². The van der Waals surface area contributed by atoms with Gasteiger partial charge in [0.2, 0.25) is 15.9 Å². The highest BCUT2D eigenvalue weighted by Gasteiger charge is 2.22. The summed E-state index contributed by atoms with van der Waals surface area (Å²) in [5.74, 6) is -0.556. The minimum Gasteiger partial charge on any atom is -0.452 e. The van der Waals surface area contributed by atoms with E-state index < -0.39 is 26.5 Å². The third-order valence-corrected chi connectivity index (χ3v) is 5.73. The van der Waals surface area contributed by atoms with E-state index in [4.69, 9.17) is 9.15 Å². The average Bonchev–Trinajstić information content (AvgIpc) is 3.19. The van der Waals surface area contributed by atoms with Crippen molar-refractivity contribution in [2.45, 2.75) is 37.8 Å². The number of ether oxygens (including phenoxy) is 1. The maximum absolute atomic E-state index is 12.3. The summed E-state index contributed by atoms with van der Waals surface area (Å²) in [6.07, 6.45) is 0. The molecule has 0 fully saturated rings. The number of carbonyl (C=O) groups is 1. The zero-order chi connectivity index (χ0) is 23.5. The van der Waals surface area contributed by atoms with Gasteiger partial charge in [-0.05, 0) is 57.2 Å². The second kappa shape index (κ2) is 8.85. The van der Waals surface area contributed by atoms with E-state index in [-0.39, 0.29) is 34.5 Å². The van der Waals surface area contributed by atoms with Crippen molar-refractivity contribution >= 4 is 21.7 Å². The molecule has 0 unspecified atom stereocenters. The third kappa shape index (κ3) is 5.74. The van der Waals surface area contributed by atoms with Crippen molar-refractivity contribution in [3.63, 3.8) is 0 Å². The number of non-ortho nitro benzene ring substituents is 1. The number of nitrogens with zero attached hydrogens (tertiary/aromatic N) is 3. The molecule has 1 N–H and O–H groups in total. The molecule has 0 bridgehead atoms. The van der Waals surface area contributed by atoms with Crippen LogP contribution in [0.5, 0.6) is 0 Å². The number of sulfonamides is 1. The Balaban J connectivity index is 1.62. The first-order valence-electron chi connectivity index (χ1n) is 9.33. The van der Waals surface area contributed by atoms with Gasteiger partial charge in [0.05, 0.1) is 15.4 Å². The Morgan fingerprint density at radius 2 is 1.72 bits per heavy atom. The van der Waals surface area contributed by atoms with Gasteiger partial charge in [-0.1, -0.05) is 0 Å². The molecule has 0 amide bonds. The minimum atomic E-state index is -3.72. The lowest BCUT2D eigenvalue weighted by Gasteiger charge is -2.20. The fourth-order valence-corrected chi connectivity index (χ4v) is 4.02. The molecular formula is C20H20N4O7S. The molecule has 0 atom stereocenters. The maximum atomic E-state index is 12.3. The molecule has 12 heteroatoms. The van der Waals surface area contributed by atoms with Crippen LogP contribution >= 0.6 is 0 Å². The Labute approximate surface area is 183 Å². The normalized spacial score (nSPS) is 11.8. The molecule has 0 aliphatic heterocycles. The SMILES string of the molecule is CC(C)(C)NS(=O)(=O)c1ccc(C(=O)OCc2nnc(-c3ccc([N+](=O)[O-])cc3)o2)cc1. The average molecular weight is 460 g/mol. The molecule has 168 valence electrons. The molecule has 0 saturated heterocycles. The van der Waals surface area contributed by atoms with Crippen LogP contribution in [0.15, 0.2) is 57.8 Å². The third-order valence-electron chi connectivity index (χ3n) is 3.96. The summed E-state index contributed by atoms with van der Waals surface area (Å²) in [4.78, 5) is 22.5. The van der Waals surface area contributed by atoms with Gasteiger partial charge in [0.1, 0.15) is 0 Å². The zero-order valence-electron chi connectivity index (χ0n) is 17.4. The quantitative estimate of drug-likeness (QED) is 0.318. The summed E-state index contributed by atoms with van der Waals surface area (Å²) >= 11 is 0. The molecule has 0 aliphatic carbocycles. The van der Waals surface area contributed by atoms with Crippen molar-refractivity contribution in [3.05, 3.63) is 70.1 Å². The molecule has 11 nitrogen and oxygen atoms in total. The Hall–Kier alpha value is -3.64. The highest BCUT2D eigenvalue weighted by Crippen LogP contribution is 2.21. The van der Waals surface area contributed by atoms with Gasteiger partial charge >= 0.3 is 5.97 Å². The fraction of sp³-hybridized carbons (Fsp3) is 0.250. The molecule has 3 rings (SSSR count). The molecule has 3 aromatic rings. The molecule has 1 aromatic heterocycles. The highest BCUT2D eigenvalue weighted by molar-refractivity contribution is 7.89. The van der Waals surface area contributed by atoms with E-state index in [1.807, 2.05) is 0 Å². The van der Waals surface area contributed by atoms with E-state index in [9.17, 15) is 23.3 Å². The number of aromatic nitrogens is 2. The number of nitrogens with one attached hydrogen (secondary N) is 1. The van der Waals surface area contributed by atoms with Gasteiger partial charge in [0.25, 0.3) is 11.6 Å². The van der Waals surface area contributed by atoms with Crippen LogP contribution in [0.1, 0.15) is 37.0 Å². The molecule has 0 aliphatic rings. The highest BCUT2D eigenvalue weighted by atomic mass is 32.2. The summed E-state index contributed by atoms with van der Waals surface area (Å²) < 4.78 is 37.7. The number of nitro benzene ring substituents is 1. The van der Waals surface area contributed by atoms with E-state index in [1.54, 1.807) is 20.8 Å². The van der Waals surface area contributed by atoms with Crippen LogP contribution in [0, 0.1) is 10.1 Å². The number of hydrogen-bond donors (Lipinski definition) is 1. The molecule has 32 heavy (non-hydrogen) atoms. The van der Waals surface area contributed by atoms with Crippen molar-refractivity contribution in [2.24, 2.45) is 0 Å². The predicted octanol–water partition coefficient (Wildman–Crippen LogP) is 3.08. The van der Waals surface area contributed by atoms with Crippen LogP contribution in [0.2, 0.25) is 0 Å². The molecule has 2 aromatic carbocycles. The molecule has 0 spiro atoms. The van der Waals surface area contributed by atoms with Crippen LogP contribution in [0.4, 0.5) is 5.69 Å². The Morgan fingerprint density at radius 3 is 2.28 bits per heavy atom. The van der Waals surface area contributed by atoms with Crippen molar-refractivity contribution in [3.8, 4) is 11.5 Å². The van der Waals surface area contributed by atoms with Crippen LogP contribution < -0.4 is 4.72 Å². The largest absolute Gasteiger partial charge is 0.452 e. The van der Waals surface area contributed by atoms with Crippen LogP contribution in [-0.4, -0.2) is 35.0 Å². The van der Waals surface area contributed by atoms with Gasteiger partial charge in [-0.2, -0.15) is 0 Å². The monoisotopic (exact) mass is 460 g/mol. The number of hydrogen-bond acceptors (Lipinski definition) is 9. The first kappa shape index (κ1) is 23.0. The van der Waals surface area contributed by atoms with Crippen molar-refractivity contribution in [1.29, 1.82) is 0 Å². The number of benzene rings is 2. The molecule has 0 radical (unpaired) electrons. The van der Waals surface area contributed by atoms with Crippen LogP contribution in [0.25, 0.3) is 11.5 Å². The van der Waals surface area contributed by atoms with Crippen molar-refractivity contribution in [1.82, 2.24) is 14.9 Å². The number of nitro groups is 1. The molecule has 0 saturated carbocycles. The summed E-state index contributed by atoms with van der Waals surface area (Å²) in [6, 6.07) is 10.8. The maximum Gasteiger partial charge on any atom is 0.338 e. The van der Waals surface area contributed by atoms with E-state index in [1.165, 1.54) is 48.5 Å². The molecular weight excluding hydrogens is 440 g/mol. The van der Waals surface area contributed by atoms with E-state index in [2.05, 4.69) is 14.9 Å². The zero-order valence-corrected chi connectivity index (χ0v) is 18.3. The summed E-state index contributed by atoms with van der Waals surface area (Å²) in [5.41, 5.74) is -0.0972. The van der Waals surface area contributed by atoms with E-state index in [0.717, 1.165) is 0 Å². The van der Waals surface area contributed by atoms with Gasteiger partial charge in [0, 0.05) is 23.2 Å². The van der Waals surface area contributed by atoms with Gasteiger partial charge in [-0.25, -0.2) is 17.9 Å². The van der Waals surface area contributed by atoms with Crippen molar-refractivity contribution < 1.29 is 27.3 Å². The minimum absolute atomic E-state index is 0.0219. The van der Waals surface area contributed by atoms with E-state index in [0.29, 0.717) is 5.56 Å². The van der Waals surface area contributed by atoms with Crippen LogP contribution in [0.3, 0.4) is 0 Å². The van der Waals surface area contributed by atoms with E-state index >= 15 is 0 Å². The Kier molecular flexibility index (Phi) is 6.37. The van der Waals surface area contributed by atoms with Gasteiger partial charge in [-0.15, -0.1) is 10.2 Å². The lowest BCUT2D eigenvalue weighted by molar-refractivity contribution is -0.384. The predicted molar refractivity (Wildman–Crippen MR) is 112 cm³/mol. The summed E-state index contributed by atoms with van der Waals surface area (Å²) in [6.45, 7) is 4.87. The fourth-order valence-electron chi connectivity index (χ4n) is 2.60. The standard InChI is InChI=1S/C20H20N4O7S/c1-20(2,3)23-32(28,29)16-10-6-14(7-11-16)19(25)30-12-17-21-22-18(31-17)13-4-8-15(9-5-13)24(26)27/h4-11,23H,12H2,1-3H3. The summed E-state index contributed by atoms with van der Waals surface area (Å²) in [7, 11) is -3.72. The van der Waals surface area contributed by atoms with Gasteiger partial charge < -0.3 is 9.15 Å². The van der Waals surface area contributed by atoms with Crippen molar-refractivity contribution in [2.75, 3.05) is 0 Å². The lowest BCUT2D eigenvalue weighted by atomic mass is 10.1. The Bertz CT molecular complexity index is 1230. The second-order valence-electron chi connectivity index (χ2n) is 7.76. The van der Waals surface area contributed by atoms with Gasteiger partial charge in [0.15, 0.2) is 6.61 Å². The number of rotatable bonds is 7.